The predicted molar refractivity (Wildman–Crippen MR) is 122 cm³/mol. The Kier molecular flexibility index (Phi) is 5.61. The number of allylic oxidation sites excluding steroid dienone is 3. The van der Waals surface area contributed by atoms with Crippen LogP contribution >= 0.6 is 0 Å². The number of aromatic amines is 1. The topological polar surface area (TPSA) is 99.9 Å². The van der Waals surface area contributed by atoms with Gasteiger partial charge in [0.1, 0.15) is 11.4 Å². The van der Waals surface area contributed by atoms with E-state index in [1.165, 1.54) is 0 Å². The molecule has 1 amide bonds. The maximum Gasteiger partial charge on any atom is 0.230 e. The summed E-state index contributed by atoms with van der Waals surface area (Å²) in [6.07, 6.45) is 11.7. The van der Waals surface area contributed by atoms with Crippen molar-refractivity contribution in [1.29, 1.82) is 0 Å². The van der Waals surface area contributed by atoms with E-state index >= 15 is 0 Å². The van der Waals surface area contributed by atoms with Crippen LogP contribution in [0.25, 0.3) is 28.0 Å². The fourth-order valence-corrected chi connectivity index (χ4v) is 4.85. The van der Waals surface area contributed by atoms with Crippen LogP contribution in [0.15, 0.2) is 48.7 Å². The number of amides is 1. The molecule has 1 aromatic carbocycles. The van der Waals surface area contributed by atoms with Crippen molar-refractivity contribution in [2.75, 3.05) is 13.2 Å². The molecule has 3 aromatic rings. The minimum absolute atomic E-state index is 0.0399. The zero-order valence-corrected chi connectivity index (χ0v) is 18.2. The van der Waals surface area contributed by atoms with Gasteiger partial charge >= 0.3 is 0 Å². The lowest BCUT2D eigenvalue weighted by molar-refractivity contribution is -0.139. The van der Waals surface area contributed by atoms with Gasteiger partial charge in [0, 0.05) is 24.6 Å². The molecule has 5 rings (SSSR count). The molecular weight excluding hydrogens is 404 g/mol. The number of nitrogens with zero attached hydrogens (tertiary/aromatic N) is 5. The zero-order chi connectivity index (χ0) is 22.1. The standard InChI is InChI=1S/C24H28N6O2/c1-16-14-18(9-10-19(16)24(32)29-12-5-4-6-17(29)11-13-31)30-15-22(26-28-30)23-20-7-2-3-8-21(20)25-27-23/h2-3,7-10,14-17,19,31H,4-6,11-13H2,1H3,(H,25,27). The van der Waals surface area contributed by atoms with Crippen LogP contribution in [0.4, 0.5) is 0 Å². The minimum atomic E-state index is -0.198. The van der Waals surface area contributed by atoms with E-state index in [2.05, 4.69) is 33.5 Å². The van der Waals surface area contributed by atoms with E-state index in [0.29, 0.717) is 12.1 Å². The third kappa shape index (κ3) is 3.75. The Bertz CT molecular complexity index is 1170. The number of aromatic nitrogens is 5. The van der Waals surface area contributed by atoms with Crippen LogP contribution in [0.1, 0.15) is 32.6 Å². The molecule has 32 heavy (non-hydrogen) atoms. The lowest BCUT2D eigenvalue weighted by atomic mass is 9.86. The molecule has 8 heteroatoms. The van der Waals surface area contributed by atoms with Crippen LogP contribution in [-0.2, 0) is 4.79 Å². The molecule has 0 saturated carbocycles. The summed E-state index contributed by atoms with van der Waals surface area (Å²) in [5, 5.41) is 26.5. The number of H-pyrrole nitrogens is 1. The number of likely N-dealkylation sites (tertiary alicyclic amines) is 1. The fourth-order valence-electron chi connectivity index (χ4n) is 4.85. The van der Waals surface area contributed by atoms with Gasteiger partial charge in [0.15, 0.2) is 0 Å². The van der Waals surface area contributed by atoms with Crippen molar-refractivity contribution >= 4 is 22.5 Å². The Morgan fingerprint density at radius 1 is 1.28 bits per heavy atom. The second-order valence-electron chi connectivity index (χ2n) is 8.70. The Hall–Kier alpha value is -3.26. The molecule has 2 aromatic heterocycles. The normalized spacial score (nSPS) is 23.5. The highest BCUT2D eigenvalue weighted by Gasteiger charge is 2.33. The van der Waals surface area contributed by atoms with Crippen LogP contribution in [0.5, 0.6) is 0 Å². The largest absolute Gasteiger partial charge is 0.396 e. The van der Waals surface area contributed by atoms with Gasteiger partial charge in [-0.3, -0.25) is 9.89 Å². The number of aliphatic hydroxyl groups is 1. The first-order valence-corrected chi connectivity index (χ1v) is 11.3. The Labute approximate surface area is 186 Å². The number of carbonyl (C=O) groups is 1. The Morgan fingerprint density at radius 3 is 3.00 bits per heavy atom. The molecule has 3 atom stereocenters. The highest BCUT2D eigenvalue weighted by Crippen LogP contribution is 2.31. The number of aliphatic hydroxyl groups excluding tert-OH is 1. The van der Waals surface area contributed by atoms with Gasteiger partial charge in [-0.05, 0) is 43.7 Å². The molecule has 3 heterocycles. The number of rotatable bonds is 5. The molecule has 3 unspecified atom stereocenters. The van der Waals surface area contributed by atoms with Crippen molar-refractivity contribution in [2.24, 2.45) is 11.8 Å². The van der Waals surface area contributed by atoms with Gasteiger partial charge in [0.2, 0.25) is 5.91 Å². The first-order valence-electron chi connectivity index (χ1n) is 11.3. The highest BCUT2D eigenvalue weighted by molar-refractivity contribution is 5.91. The number of carbonyl (C=O) groups excluding carboxylic acids is 1. The fraction of sp³-hybridized carbons (Fsp3) is 0.417. The van der Waals surface area contributed by atoms with Crippen molar-refractivity contribution in [2.45, 2.75) is 38.6 Å². The van der Waals surface area contributed by atoms with E-state index in [0.717, 1.165) is 48.1 Å². The van der Waals surface area contributed by atoms with E-state index in [-0.39, 0.29) is 30.4 Å². The monoisotopic (exact) mass is 432 g/mol. The quantitative estimate of drug-likeness (QED) is 0.645. The maximum atomic E-state index is 13.3. The lowest BCUT2D eigenvalue weighted by Crippen LogP contribution is -2.47. The second kappa shape index (κ2) is 8.70. The lowest BCUT2D eigenvalue weighted by Gasteiger charge is -2.38. The molecule has 1 aliphatic carbocycles. The molecule has 1 aliphatic heterocycles. The minimum Gasteiger partial charge on any atom is -0.396 e. The van der Waals surface area contributed by atoms with Crippen molar-refractivity contribution in [1.82, 2.24) is 30.1 Å². The molecule has 0 radical (unpaired) electrons. The zero-order valence-electron chi connectivity index (χ0n) is 18.2. The van der Waals surface area contributed by atoms with E-state index in [9.17, 15) is 9.90 Å². The maximum absolute atomic E-state index is 13.3. The van der Waals surface area contributed by atoms with Crippen molar-refractivity contribution in [3.63, 3.8) is 0 Å². The first kappa shape index (κ1) is 20.6. The number of hydrogen-bond donors (Lipinski definition) is 2. The second-order valence-corrected chi connectivity index (χ2v) is 8.70. The van der Waals surface area contributed by atoms with Crippen LogP contribution in [0, 0.1) is 11.8 Å². The third-order valence-corrected chi connectivity index (χ3v) is 6.60. The van der Waals surface area contributed by atoms with Crippen molar-refractivity contribution in [3.8, 4) is 11.4 Å². The predicted octanol–water partition coefficient (Wildman–Crippen LogP) is 3.25. The molecule has 1 fully saturated rings. The summed E-state index contributed by atoms with van der Waals surface area (Å²) < 4.78 is 1.74. The summed E-state index contributed by atoms with van der Waals surface area (Å²) in [5.41, 5.74) is 3.32. The molecule has 166 valence electrons. The van der Waals surface area contributed by atoms with Crippen molar-refractivity contribution < 1.29 is 9.90 Å². The number of benzene rings is 1. The molecule has 2 N–H and O–H groups in total. The Balaban J connectivity index is 1.34. The number of fused-ring (bicyclic) bond motifs is 1. The molecule has 8 nitrogen and oxygen atoms in total. The van der Waals surface area contributed by atoms with Crippen LogP contribution in [0.3, 0.4) is 0 Å². The van der Waals surface area contributed by atoms with Crippen LogP contribution < -0.4 is 0 Å². The summed E-state index contributed by atoms with van der Waals surface area (Å²) >= 11 is 0. The average Bonchev–Trinajstić information content (AvgIpc) is 3.46. The van der Waals surface area contributed by atoms with Crippen molar-refractivity contribution in [3.05, 3.63) is 48.7 Å². The Morgan fingerprint density at radius 2 is 2.16 bits per heavy atom. The van der Waals surface area contributed by atoms with Gasteiger partial charge in [-0.15, -0.1) is 5.10 Å². The van der Waals surface area contributed by atoms with Crippen LogP contribution in [-0.4, -0.2) is 60.3 Å². The van der Waals surface area contributed by atoms with E-state index in [1.807, 2.05) is 47.5 Å². The number of hydrogen-bond acceptors (Lipinski definition) is 5. The summed E-state index contributed by atoms with van der Waals surface area (Å²) in [7, 11) is 0. The van der Waals surface area contributed by atoms with Gasteiger partial charge in [-0.2, -0.15) is 5.10 Å². The van der Waals surface area contributed by atoms with E-state index in [1.54, 1.807) is 4.68 Å². The van der Waals surface area contributed by atoms with Gasteiger partial charge < -0.3 is 10.0 Å². The number of para-hydroxylation sites is 1. The summed E-state index contributed by atoms with van der Waals surface area (Å²) in [6, 6.07) is 8.08. The van der Waals surface area contributed by atoms with E-state index in [4.69, 9.17) is 0 Å². The van der Waals surface area contributed by atoms with Gasteiger partial charge in [0.05, 0.1) is 23.3 Å². The first-order chi connectivity index (χ1) is 15.7. The third-order valence-electron chi connectivity index (χ3n) is 6.60. The smallest absolute Gasteiger partial charge is 0.230 e. The molecule has 0 spiro atoms. The molecule has 0 bridgehead atoms. The summed E-state index contributed by atoms with van der Waals surface area (Å²) in [5.74, 6) is -0.00106. The summed E-state index contributed by atoms with van der Waals surface area (Å²) in [4.78, 5) is 15.3. The average molecular weight is 433 g/mol. The van der Waals surface area contributed by atoms with Gasteiger partial charge in [-0.25, -0.2) is 4.68 Å². The summed E-state index contributed by atoms with van der Waals surface area (Å²) in [6.45, 7) is 2.96. The number of nitrogens with one attached hydrogen (secondary N) is 1. The molecule has 2 aliphatic rings. The highest BCUT2D eigenvalue weighted by atomic mass is 16.3. The SMILES string of the molecule is CC1C=C(n2cc(-c3n[nH]c4ccccc34)nn2)C=CC1C(=O)N1CCCCC1CCO. The molecular formula is C24H28N6O2. The molecule has 1 saturated heterocycles. The van der Waals surface area contributed by atoms with E-state index < -0.39 is 0 Å². The number of piperidine rings is 1. The van der Waals surface area contributed by atoms with Crippen LogP contribution in [0.2, 0.25) is 0 Å². The van der Waals surface area contributed by atoms with Gasteiger partial charge in [0.25, 0.3) is 0 Å². The van der Waals surface area contributed by atoms with Gasteiger partial charge in [-0.1, -0.05) is 42.5 Å².